The molecule has 0 aliphatic carbocycles. The molecule has 1 aromatic heterocycles. The first kappa shape index (κ1) is 26.1. The third-order valence-corrected chi connectivity index (χ3v) is 6.40. The van der Waals surface area contributed by atoms with E-state index in [0.29, 0.717) is 32.1 Å². The van der Waals surface area contributed by atoms with Gasteiger partial charge in [-0.25, -0.2) is 4.79 Å². The highest BCUT2D eigenvalue weighted by molar-refractivity contribution is 5.89. The Morgan fingerprint density at radius 3 is 2.50 bits per heavy atom. The first-order valence-electron chi connectivity index (χ1n) is 12.9. The lowest BCUT2D eigenvalue weighted by atomic mass is 10.1. The average Bonchev–Trinajstić information content (AvgIpc) is 3.38. The fourth-order valence-corrected chi connectivity index (χ4v) is 4.88. The number of aromatic nitrogens is 1. The van der Waals surface area contributed by atoms with Crippen molar-refractivity contribution in [1.82, 2.24) is 9.88 Å². The number of amides is 1. The molecule has 202 valence electrons. The van der Waals surface area contributed by atoms with E-state index in [2.05, 4.69) is 5.32 Å². The zero-order valence-electron chi connectivity index (χ0n) is 22.2. The summed E-state index contributed by atoms with van der Waals surface area (Å²) in [6, 6.07) is 15.4. The van der Waals surface area contributed by atoms with E-state index in [9.17, 15) is 9.59 Å². The van der Waals surface area contributed by atoms with Crippen molar-refractivity contribution in [2.45, 2.75) is 71.3 Å². The average molecular weight is 523 g/mol. The van der Waals surface area contributed by atoms with Crippen LogP contribution in [0.2, 0.25) is 0 Å². The summed E-state index contributed by atoms with van der Waals surface area (Å²) >= 11 is 0. The van der Waals surface area contributed by atoms with Crippen molar-refractivity contribution in [3.8, 4) is 5.75 Å². The lowest BCUT2D eigenvalue weighted by molar-refractivity contribution is -0.183. The van der Waals surface area contributed by atoms with Gasteiger partial charge in [0.15, 0.2) is 12.4 Å². The summed E-state index contributed by atoms with van der Waals surface area (Å²) in [6.07, 6.45) is -0.898. The first-order chi connectivity index (χ1) is 18.2. The van der Waals surface area contributed by atoms with E-state index in [-0.39, 0.29) is 0 Å². The molecular weight excluding hydrogens is 488 g/mol. The van der Waals surface area contributed by atoms with Crippen molar-refractivity contribution in [2.75, 3.05) is 13.2 Å². The van der Waals surface area contributed by atoms with Gasteiger partial charge in [0, 0.05) is 24.4 Å². The van der Waals surface area contributed by atoms with E-state index in [1.165, 1.54) is 6.92 Å². The van der Waals surface area contributed by atoms with Crippen LogP contribution in [0.25, 0.3) is 10.9 Å². The van der Waals surface area contributed by atoms with Crippen LogP contribution in [0.3, 0.4) is 0 Å². The van der Waals surface area contributed by atoms with Crippen molar-refractivity contribution in [1.29, 1.82) is 0 Å². The summed E-state index contributed by atoms with van der Waals surface area (Å²) in [5.74, 6) is 0.245. The minimum Gasteiger partial charge on any atom is -0.488 e. The number of ether oxygens (including phenoxy) is 5. The summed E-state index contributed by atoms with van der Waals surface area (Å²) in [7, 11) is 0. The molecule has 0 bridgehead atoms. The number of carbonyl (C=O) groups excluding carboxylic acids is 2. The van der Waals surface area contributed by atoms with Gasteiger partial charge >= 0.3 is 12.1 Å². The number of hydrogen-bond donors (Lipinski definition) is 1. The first-order valence-corrected chi connectivity index (χ1v) is 12.9. The number of nitrogens with zero attached hydrogens (tertiary/aromatic N) is 1. The van der Waals surface area contributed by atoms with E-state index in [1.54, 1.807) is 20.8 Å². The predicted octanol–water partition coefficient (Wildman–Crippen LogP) is 5.17. The van der Waals surface area contributed by atoms with Crippen LogP contribution < -0.4 is 10.1 Å². The third-order valence-electron chi connectivity index (χ3n) is 6.40. The van der Waals surface area contributed by atoms with Gasteiger partial charge in [-0.15, -0.1) is 0 Å². The molecule has 2 aromatic carbocycles. The van der Waals surface area contributed by atoms with E-state index in [0.717, 1.165) is 34.1 Å². The molecule has 1 amide bonds. The summed E-state index contributed by atoms with van der Waals surface area (Å²) in [6.45, 7) is 8.78. The number of alkyl carbamates (subject to hydrolysis) is 1. The maximum Gasteiger partial charge on any atom is 0.408 e. The van der Waals surface area contributed by atoms with Gasteiger partial charge < -0.3 is 33.6 Å². The Balaban J connectivity index is 1.51. The van der Waals surface area contributed by atoms with Crippen molar-refractivity contribution in [3.05, 3.63) is 65.4 Å². The van der Waals surface area contributed by atoms with Gasteiger partial charge in [-0.3, -0.25) is 4.79 Å². The molecule has 2 aliphatic rings. The van der Waals surface area contributed by atoms with Gasteiger partial charge in [-0.05, 0) is 51.0 Å². The molecule has 2 atom stereocenters. The Kier molecular flexibility index (Phi) is 7.32. The molecule has 0 spiro atoms. The molecular formula is C29H34N2O7. The van der Waals surface area contributed by atoms with Crippen LogP contribution in [0.5, 0.6) is 5.75 Å². The van der Waals surface area contributed by atoms with Crippen LogP contribution in [0.1, 0.15) is 63.3 Å². The molecule has 0 unspecified atom stereocenters. The topological polar surface area (TPSA) is 97.3 Å². The largest absolute Gasteiger partial charge is 0.488 e. The lowest BCUT2D eigenvalue weighted by Gasteiger charge is -2.25. The fraction of sp³-hybridized carbons (Fsp3) is 0.448. The Hall–Kier alpha value is -3.56. The van der Waals surface area contributed by atoms with Gasteiger partial charge in [-0.2, -0.15) is 0 Å². The number of carbonyl (C=O) groups is 2. The highest BCUT2D eigenvalue weighted by Crippen LogP contribution is 2.41. The smallest absolute Gasteiger partial charge is 0.408 e. The lowest BCUT2D eigenvalue weighted by Crippen LogP contribution is -2.42. The summed E-state index contributed by atoms with van der Waals surface area (Å²) in [5, 5.41) is 3.77. The minimum absolute atomic E-state index is 0.391. The van der Waals surface area contributed by atoms with Crippen LogP contribution in [-0.2, 0) is 36.9 Å². The van der Waals surface area contributed by atoms with Crippen LogP contribution in [0.4, 0.5) is 4.79 Å². The summed E-state index contributed by atoms with van der Waals surface area (Å²) < 4.78 is 31.3. The van der Waals surface area contributed by atoms with E-state index < -0.39 is 36.1 Å². The Bertz CT molecular complexity index is 1310. The van der Waals surface area contributed by atoms with Crippen LogP contribution >= 0.6 is 0 Å². The van der Waals surface area contributed by atoms with Crippen molar-refractivity contribution < 1.29 is 33.3 Å². The maximum atomic E-state index is 12.6. The Labute approximate surface area is 221 Å². The molecule has 5 rings (SSSR count). The minimum atomic E-state index is -0.681. The number of benzene rings is 2. The molecule has 9 heteroatoms. The standard InChI is InChI=1S/C29H34N2O7/c1-18(32)37-26-22(30-28(33)38-29(2,3)4)16-31-23-13-20(27-34-11-8-12-35-27)14-25(21(23)15-24(26)31)36-17-19-9-6-5-7-10-19/h5-7,9-10,13-15,22,26-27H,8,11-12,16-17H2,1-4H3,(H,30,33)/t22-,26+/m0/s1. The quantitative estimate of drug-likeness (QED) is 0.446. The molecule has 0 saturated carbocycles. The molecule has 1 fully saturated rings. The second-order valence-electron chi connectivity index (χ2n) is 10.6. The summed E-state index contributed by atoms with van der Waals surface area (Å²) in [4.78, 5) is 24.6. The van der Waals surface area contributed by atoms with Gasteiger partial charge in [0.1, 0.15) is 18.0 Å². The highest BCUT2D eigenvalue weighted by atomic mass is 16.7. The predicted molar refractivity (Wildman–Crippen MR) is 140 cm³/mol. The van der Waals surface area contributed by atoms with Crippen molar-refractivity contribution >= 4 is 23.0 Å². The zero-order valence-corrected chi connectivity index (χ0v) is 22.2. The van der Waals surface area contributed by atoms with Crippen LogP contribution in [0.15, 0.2) is 48.5 Å². The van der Waals surface area contributed by atoms with Gasteiger partial charge in [0.25, 0.3) is 0 Å². The summed E-state index contributed by atoms with van der Waals surface area (Å²) in [5.41, 5.74) is 2.88. The fourth-order valence-electron chi connectivity index (χ4n) is 4.88. The number of esters is 1. The SMILES string of the molecule is CC(=O)O[C@H]1c2cc3c(OCc4ccccc4)cc(C4OCCCO4)cc3n2C[C@@H]1NC(=O)OC(C)(C)C. The molecule has 1 saturated heterocycles. The van der Waals surface area contributed by atoms with Gasteiger partial charge in [0.2, 0.25) is 0 Å². The molecule has 38 heavy (non-hydrogen) atoms. The molecule has 3 aromatic rings. The van der Waals surface area contributed by atoms with E-state index in [4.69, 9.17) is 23.7 Å². The van der Waals surface area contributed by atoms with E-state index in [1.807, 2.05) is 53.1 Å². The van der Waals surface area contributed by atoms with Crippen molar-refractivity contribution in [3.63, 3.8) is 0 Å². The van der Waals surface area contributed by atoms with Gasteiger partial charge in [-0.1, -0.05) is 30.3 Å². The molecule has 1 N–H and O–H groups in total. The molecule has 0 radical (unpaired) electrons. The highest BCUT2D eigenvalue weighted by Gasteiger charge is 2.39. The van der Waals surface area contributed by atoms with E-state index >= 15 is 0 Å². The second kappa shape index (κ2) is 10.7. The molecule has 3 heterocycles. The zero-order chi connectivity index (χ0) is 26.9. The Morgan fingerprint density at radius 2 is 1.82 bits per heavy atom. The Morgan fingerprint density at radius 1 is 1.08 bits per heavy atom. The molecule has 9 nitrogen and oxygen atoms in total. The monoisotopic (exact) mass is 522 g/mol. The van der Waals surface area contributed by atoms with Crippen LogP contribution in [-0.4, -0.2) is 41.5 Å². The second-order valence-corrected chi connectivity index (χ2v) is 10.6. The number of rotatable bonds is 6. The number of nitrogens with one attached hydrogen (secondary N) is 1. The maximum absolute atomic E-state index is 12.6. The normalized spacial score (nSPS) is 19.7. The van der Waals surface area contributed by atoms with Crippen LogP contribution in [0, 0.1) is 0 Å². The molecule has 2 aliphatic heterocycles. The number of hydrogen-bond acceptors (Lipinski definition) is 7. The number of fused-ring (bicyclic) bond motifs is 3. The van der Waals surface area contributed by atoms with Crippen molar-refractivity contribution in [2.24, 2.45) is 0 Å². The third kappa shape index (κ3) is 5.79. The van der Waals surface area contributed by atoms with Gasteiger partial charge in [0.05, 0.1) is 30.5 Å².